The maximum atomic E-state index is 11.9. The number of hydrogen-bond acceptors (Lipinski definition) is 3. The summed E-state index contributed by atoms with van der Waals surface area (Å²) >= 11 is 0. The van der Waals surface area contributed by atoms with E-state index in [1.54, 1.807) is 0 Å². The summed E-state index contributed by atoms with van der Waals surface area (Å²) in [7, 11) is 0. The summed E-state index contributed by atoms with van der Waals surface area (Å²) in [6.45, 7) is 0.125. The summed E-state index contributed by atoms with van der Waals surface area (Å²) in [4.78, 5) is 35.6. The SMILES string of the molecule is NC(=O)CCN1C(=O)C2CC=CCC2C1=O. The fraction of sp³-hybridized carbons (Fsp3) is 0.545. The second kappa shape index (κ2) is 4.08. The number of nitrogens with two attached hydrogens (primary N) is 1. The van der Waals surface area contributed by atoms with Gasteiger partial charge in [-0.05, 0) is 12.8 Å². The maximum absolute atomic E-state index is 11.9. The molecular formula is C11H14N2O3. The number of imide groups is 1. The summed E-state index contributed by atoms with van der Waals surface area (Å²) in [5.74, 6) is -1.23. The van der Waals surface area contributed by atoms with Crippen molar-refractivity contribution in [3.05, 3.63) is 12.2 Å². The third kappa shape index (κ3) is 1.73. The quantitative estimate of drug-likeness (QED) is 0.531. The Morgan fingerprint density at radius 3 is 2.19 bits per heavy atom. The van der Waals surface area contributed by atoms with Crippen molar-refractivity contribution in [1.82, 2.24) is 4.90 Å². The summed E-state index contributed by atoms with van der Waals surface area (Å²) < 4.78 is 0. The number of carbonyl (C=O) groups excluding carboxylic acids is 3. The van der Waals surface area contributed by atoms with Crippen LogP contribution in [0.3, 0.4) is 0 Å². The molecule has 0 aromatic heterocycles. The van der Waals surface area contributed by atoms with Gasteiger partial charge in [-0.2, -0.15) is 0 Å². The molecule has 1 aliphatic heterocycles. The number of fused-ring (bicyclic) bond motifs is 1. The van der Waals surface area contributed by atoms with Crippen molar-refractivity contribution < 1.29 is 14.4 Å². The molecule has 2 unspecified atom stereocenters. The molecular weight excluding hydrogens is 208 g/mol. The van der Waals surface area contributed by atoms with Crippen LogP contribution in [0.2, 0.25) is 0 Å². The molecule has 0 saturated carbocycles. The molecule has 5 nitrogen and oxygen atoms in total. The first-order chi connectivity index (χ1) is 7.61. The molecule has 1 aliphatic carbocycles. The molecule has 16 heavy (non-hydrogen) atoms. The monoisotopic (exact) mass is 222 g/mol. The highest BCUT2D eigenvalue weighted by molar-refractivity contribution is 6.05. The van der Waals surface area contributed by atoms with Gasteiger partial charge < -0.3 is 5.73 Å². The van der Waals surface area contributed by atoms with Gasteiger partial charge in [0.15, 0.2) is 0 Å². The Labute approximate surface area is 93.3 Å². The van der Waals surface area contributed by atoms with Crippen molar-refractivity contribution in [2.75, 3.05) is 6.54 Å². The Kier molecular flexibility index (Phi) is 2.77. The molecule has 2 N–H and O–H groups in total. The normalized spacial score (nSPS) is 28.4. The van der Waals surface area contributed by atoms with Crippen LogP contribution < -0.4 is 5.73 Å². The van der Waals surface area contributed by atoms with Crippen LogP contribution in [0.1, 0.15) is 19.3 Å². The highest BCUT2D eigenvalue weighted by Gasteiger charge is 2.46. The van der Waals surface area contributed by atoms with Gasteiger partial charge in [0.1, 0.15) is 0 Å². The van der Waals surface area contributed by atoms with Gasteiger partial charge in [0.25, 0.3) is 0 Å². The summed E-state index contributed by atoms with van der Waals surface area (Å²) in [5, 5.41) is 0. The molecule has 2 atom stereocenters. The highest BCUT2D eigenvalue weighted by Crippen LogP contribution is 2.34. The van der Waals surface area contributed by atoms with E-state index in [-0.39, 0.29) is 36.6 Å². The standard InChI is InChI=1S/C11H14N2O3/c12-9(14)5-6-13-10(15)7-3-1-2-4-8(7)11(13)16/h1-2,7-8H,3-6H2,(H2,12,14). The molecule has 5 heteroatoms. The number of rotatable bonds is 3. The van der Waals surface area contributed by atoms with Crippen molar-refractivity contribution >= 4 is 17.7 Å². The summed E-state index contributed by atoms with van der Waals surface area (Å²) in [5.41, 5.74) is 5.01. The van der Waals surface area contributed by atoms with Crippen molar-refractivity contribution in [3.63, 3.8) is 0 Å². The molecule has 0 bridgehead atoms. The zero-order valence-electron chi connectivity index (χ0n) is 8.89. The van der Waals surface area contributed by atoms with Gasteiger partial charge in [-0.1, -0.05) is 12.2 Å². The highest BCUT2D eigenvalue weighted by atomic mass is 16.2. The molecule has 0 aromatic rings. The lowest BCUT2D eigenvalue weighted by Crippen LogP contribution is -2.34. The zero-order chi connectivity index (χ0) is 11.7. The average molecular weight is 222 g/mol. The fourth-order valence-corrected chi connectivity index (χ4v) is 2.31. The summed E-state index contributed by atoms with van der Waals surface area (Å²) in [6.07, 6.45) is 5.17. The lowest BCUT2D eigenvalue weighted by Gasteiger charge is -2.14. The fourth-order valence-electron chi connectivity index (χ4n) is 2.31. The first-order valence-corrected chi connectivity index (χ1v) is 5.40. The van der Waals surface area contributed by atoms with E-state index in [9.17, 15) is 14.4 Å². The molecule has 2 aliphatic rings. The molecule has 0 spiro atoms. The maximum Gasteiger partial charge on any atom is 0.233 e. The molecule has 1 heterocycles. The van der Waals surface area contributed by atoms with E-state index in [0.717, 1.165) is 0 Å². The van der Waals surface area contributed by atoms with Crippen molar-refractivity contribution in [3.8, 4) is 0 Å². The number of allylic oxidation sites excluding steroid dienone is 2. The topological polar surface area (TPSA) is 80.5 Å². The molecule has 2 rings (SSSR count). The molecule has 0 aromatic carbocycles. The van der Waals surface area contributed by atoms with Crippen molar-refractivity contribution in [2.24, 2.45) is 17.6 Å². The minimum absolute atomic E-state index is 0.0460. The molecule has 1 saturated heterocycles. The van der Waals surface area contributed by atoms with E-state index >= 15 is 0 Å². The minimum Gasteiger partial charge on any atom is -0.370 e. The predicted molar refractivity (Wildman–Crippen MR) is 55.9 cm³/mol. The van der Waals surface area contributed by atoms with Crippen LogP contribution in [-0.4, -0.2) is 29.2 Å². The number of hydrogen-bond donors (Lipinski definition) is 1. The van der Waals surface area contributed by atoms with Gasteiger partial charge in [-0.3, -0.25) is 19.3 Å². The Balaban J connectivity index is 2.08. The first-order valence-electron chi connectivity index (χ1n) is 5.40. The Bertz CT molecular complexity index is 349. The number of amides is 3. The van der Waals surface area contributed by atoms with Crippen LogP contribution in [0.25, 0.3) is 0 Å². The Morgan fingerprint density at radius 2 is 1.75 bits per heavy atom. The number of carbonyl (C=O) groups is 3. The second-order valence-corrected chi connectivity index (χ2v) is 4.20. The van der Waals surface area contributed by atoms with Crippen LogP contribution >= 0.6 is 0 Å². The van der Waals surface area contributed by atoms with Gasteiger partial charge in [0, 0.05) is 13.0 Å². The van der Waals surface area contributed by atoms with E-state index in [1.807, 2.05) is 12.2 Å². The largest absolute Gasteiger partial charge is 0.370 e. The second-order valence-electron chi connectivity index (χ2n) is 4.20. The van der Waals surface area contributed by atoms with Crippen LogP contribution in [-0.2, 0) is 14.4 Å². The van der Waals surface area contributed by atoms with Crippen LogP contribution in [0.5, 0.6) is 0 Å². The van der Waals surface area contributed by atoms with Crippen molar-refractivity contribution in [1.29, 1.82) is 0 Å². The molecule has 3 amide bonds. The van der Waals surface area contributed by atoms with Crippen LogP contribution in [0.15, 0.2) is 12.2 Å². The number of primary amides is 1. The van der Waals surface area contributed by atoms with Gasteiger partial charge in [-0.15, -0.1) is 0 Å². The first kappa shape index (κ1) is 10.9. The van der Waals surface area contributed by atoms with E-state index in [0.29, 0.717) is 12.8 Å². The minimum atomic E-state index is -0.492. The molecule has 1 fully saturated rings. The third-order valence-corrected chi connectivity index (χ3v) is 3.18. The predicted octanol–water partition coefficient (Wildman–Crippen LogP) is -0.187. The number of likely N-dealkylation sites (tertiary alicyclic amines) is 1. The molecule has 0 radical (unpaired) electrons. The van der Waals surface area contributed by atoms with Gasteiger partial charge in [-0.25, -0.2) is 0 Å². The lowest BCUT2D eigenvalue weighted by molar-refractivity contribution is -0.140. The van der Waals surface area contributed by atoms with E-state index in [2.05, 4.69) is 0 Å². The molecule has 86 valence electrons. The van der Waals surface area contributed by atoms with Crippen LogP contribution in [0.4, 0.5) is 0 Å². The Hall–Kier alpha value is -1.65. The smallest absolute Gasteiger partial charge is 0.233 e. The third-order valence-electron chi connectivity index (χ3n) is 3.18. The Morgan fingerprint density at radius 1 is 1.25 bits per heavy atom. The summed E-state index contributed by atoms with van der Waals surface area (Å²) in [6, 6.07) is 0. The van der Waals surface area contributed by atoms with E-state index < -0.39 is 5.91 Å². The number of nitrogens with zero attached hydrogens (tertiary/aromatic N) is 1. The zero-order valence-corrected chi connectivity index (χ0v) is 8.89. The van der Waals surface area contributed by atoms with Crippen molar-refractivity contribution in [2.45, 2.75) is 19.3 Å². The average Bonchev–Trinajstić information content (AvgIpc) is 2.50. The van der Waals surface area contributed by atoms with Crippen LogP contribution in [0, 0.1) is 11.8 Å². The van der Waals surface area contributed by atoms with Gasteiger partial charge >= 0.3 is 0 Å². The van der Waals surface area contributed by atoms with E-state index in [1.165, 1.54) is 4.90 Å². The van der Waals surface area contributed by atoms with Gasteiger partial charge in [0.05, 0.1) is 11.8 Å². The lowest BCUT2D eigenvalue weighted by atomic mass is 9.85. The van der Waals surface area contributed by atoms with E-state index in [4.69, 9.17) is 5.73 Å². The van der Waals surface area contributed by atoms with Gasteiger partial charge in [0.2, 0.25) is 17.7 Å².